The van der Waals surface area contributed by atoms with Crippen molar-refractivity contribution in [3.8, 4) is 0 Å². The maximum Gasteiger partial charge on any atom is 0.352 e. The molecule has 1 saturated carbocycles. The maximum atomic E-state index is 11.5. The minimum absolute atomic E-state index is 0.0492. The Morgan fingerprint density at radius 2 is 2.20 bits per heavy atom. The molecule has 1 aliphatic carbocycles. The van der Waals surface area contributed by atoms with Crippen molar-refractivity contribution in [2.24, 2.45) is 11.0 Å². The Labute approximate surface area is 87.8 Å². The van der Waals surface area contributed by atoms with Crippen LogP contribution in [0.2, 0.25) is 0 Å². The monoisotopic (exact) mass is 210 g/mol. The van der Waals surface area contributed by atoms with Crippen LogP contribution in [-0.2, 0) is 9.59 Å². The fourth-order valence-electron chi connectivity index (χ4n) is 1.82. The first kappa shape index (κ1) is 10.1. The van der Waals surface area contributed by atoms with Crippen molar-refractivity contribution < 1.29 is 14.7 Å². The summed E-state index contributed by atoms with van der Waals surface area (Å²) < 4.78 is 0. The average molecular weight is 210 g/mol. The van der Waals surface area contributed by atoms with Gasteiger partial charge in [-0.25, -0.2) is 9.80 Å². The number of hydrazone groups is 1. The first-order valence-corrected chi connectivity index (χ1v) is 5.28. The third kappa shape index (κ3) is 2.16. The van der Waals surface area contributed by atoms with Crippen molar-refractivity contribution in [1.29, 1.82) is 0 Å². The number of nitrogens with zero attached hydrogens (tertiary/aromatic N) is 2. The van der Waals surface area contributed by atoms with Crippen molar-refractivity contribution in [3.63, 3.8) is 0 Å². The van der Waals surface area contributed by atoms with Crippen LogP contribution in [0.25, 0.3) is 0 Å². The molecule has 5 heteroatoms. The van der Waals surface area contributed by atoms with Crippen LogP contribution in [-0.4, -0.2) is 34.2 Å². The Kier molecular flexibility index (Phi) is 2.70. The van der Waals surface area contributed by atoms with Gasteiger partial charge >= 0.3 is 5.97 Å². The van der Waals surface area contributed by atoms with Gasteiger partial charge in [0, 0.05) is 19.4 Å². The molecule has 1 aliphatic heterocycles. The highest BCUT2D eigenvalue weighted by molar-refractivity contribution is 6.36. The van der Waals surface area contributed by atoms with Crippen LogP contribution in [0.15, 0.2) is 5.10 Å². The number of rotatable bonds is 3. The lowest BCUT2D eigenvalue weighted by molar-refractivity contribution is -0.133. The van der Waals surface area contributed by atoms with Gasteiger partial charge in [-0.1, -0.05) is 6.42 Å². The van der Waals surface area contributed by atoms with E-state index >= 15 is 0 Å². The van der Waals surface area contributed by atoms with Gasteiger partial charge in [0.15, 0.2) is 0 Å². The predicted molar refractivity (Wildman–Crippen MR) is 53.4 cm³/mol. The second-order valence-corrected chi connectivity index (χ2v) is 4.12. The zero-order valence-corrected chi connectivity index (χ0v) is 8.48. The number of amides is 1. The molecule has 2 aliphatic rings. The molecule has 15 heavy (non-hydrogen) atoms. The van der Waals surface area contributed by atoms with E-state index in [0.717, 1.165) is 12.8 Å². The number of carboxylic acid groups (broad SMARTS) is 1. The molecule has 0 aromatic rings. The van der Waals surface area contributed by atoms with E-state index in [0.29, 0.717) is 12.5 Å². The van der Waals surface area contributed by atoms with E-state index in [1.165, 1.54) is 11.4 Å². The molecule has 0 aromatic carbocycles. The molecule has 5 nitrogen and oxygen atoms in total. The molecule has 1 fully saturated rings. The van der Waals surface area contributed by atoms with E-state index in [1.807, 2.05) is 0 Å². The highest BCUT2D eigenvalue weighted by Gasteiger charge is 2.28. The highest BCUT2D eigenvalue weighted by Crippen LogP contribution is 2.28. The summed E-state index contributed by atoms with van der Waals surface area (Å²) in [6.07, 6.45) is 4.00. The molecule has 0 radical (unpaired) electrons. The van der Waals surface area contributed by atoms with Crippen LogP contribution in [0.1, 0.15) is 32.1 Å². The molecule has 1 heterocycles. The second-order valence-electron chi connectivity index (χ2n) is 4.12. The van der Waals surface area contributed by atoms with Gasteiger partial charge in [0.25, 0.3) is 0 Å². The van der Waals surface area contributed by atoms with E-state index in [2.05, 4.69) is 5.10 Å². The van der Waals surface area contributed by atoms with E-state index in [1.54, 1.807) is 0 Å². The van der Waals surface area contributed by atoms with E-state index in [4.69, 9.17) is 5.11 Å². The lowest BCUT2D eigenvalue weighted by Crippen LogP contribution is -2.38. The summed E-state index contributed by atoms with van der Waals surface area (Å²) in [6.45, 7) is 0.593. The quantitative estimate of drug-likeness (QED) is 0.750. The average Bonchev–Trinajstić information content (AvgIpc) is 2.13. The Balaban J connectivity index is 2.02. The van der Waals surface area contributed by atoms with E-state index in [-0.39, 0.29) is 24.5 Å². The number of aliphatic carboxylic acids is 1. The predicted octanol–water partition coefficient (Wildman–Crippen LogP) is 0.849. The van der Waals surface area contributed by atoms with Crippen molar-refractivity contribution >= 4 is 17.6 Å². The zero-order valence-electron chi connectivity index (χ0n) is 8.48. The molecule has 0 bridgehead atoms. The molecule has 82 valence electrons. The summed E-state index contributed by atoms with van der Waals surface area (Å²) >= 11 is 0. The number of carbonyl (C=O) groups is 2. The van der Waals surface area contributed by atoms with Crippen molar-refractivity contribution in [2.75, 3.05) is 6.54 Å². The van der Waals surface area contributed by atoms with E-state index < -0.39 is 5.97 Å². The third-order valence-corrected chi connectivity index (χ3v) is 3.01. The SMILES string of the molecule is O=C(O)C1=NN(CC2CCC2)C(=O)CC1. The van der Waals surface area contributed by atoms with Gasteiger partial charge in [-0.3, -0.25) is 4.79 Å². The fraction of sp³-hybridized carbons (Fsp3) is 0.700. The van der Waals surface area contributed by atoms with Crippen molar-refractivity contribution in [3.05, 3.63) is 0 Å². The van der Waals surface area contributed by atoms with Crippen LogP contribution in [0.4, 0.5) is 0 Å². The molecule has 2 rings (SSSR count). The lowest BCUT2D eigenvalue weighted by Gasteiger charge is -2.31. The summed E-state index contributed by atoms with van der Waals surface area (Å²) in [5, 5.41) is 14.0. The molecule has 0 spiro atoms. The van der Waals surface area contributed by atoms with Crippen LogP contribution >= 0.6 is 0 Å². The second kappa shape index (κ2) is 4.00. The van der Waals surface area contributed by atoms with Crippen LogP contribution in [0, 0.1) is 5.92 Å². The van der Waals surface area contributed by atoms with Gasteiger partial charge in [0.1, 0.15) is 5.71 Å². The Bertz CT molecular complexity index is 321. The Morgan fingerprint density at radius 1 is 1.47 bits per heavy atom. The van der Waals surface area contributed by atoms with Gasteiger partial charge in [0.2, 0.25) is 5.91 Å². The normalized spacial score (nSPS) is 22.3. The van der Waals surface area contributed by atoms with Crippen LogP contribution in [0.5, 0.6) is 0 Å². The van der Waals surface area contributed by atoms with Gasteiger partial charge < -0.3 is 5.11 Å². The highest BCUT2D eigenvalue weighted by atomic mass is 16.4. The topological polar surface area (TPSA) is 70.0 Å². The molecular weight excluding hydrogens is 196 g/mol. The summed E-state index contributed by atoms with van der Waals surface area (Å²) in [5.41, 5.74) is 0.105. The lowest BCUT2D eigenvalue weighted by atomic mass is 9.85. The first-order valence-electron chi connectivity index (χ1n) is 5.28. The molecule has 1 amide bonds. The Hall–Kier alpha value is -1.39. The van der Waals surface area contributed by atoms with Gasteiger partial charge in [-0.15, -0.1) is 0 Å². The number of carboxylic acids is 1. The fourth-order valence-corrected chi connectivity index (χ4v) is 1.82. The molecule has 0 saturated heterocycles. The zero-order chi connectivity index (χ0) is 10.8. The largest absolute Gasteiger partial charge is 0.477 e. The molecular formula is C10H14N2O3. The van der Waals surface area contributed by atoms with Gasteiger partial charge in [0.05, 0.1) is 0 Å². The third-order valence-electron chi connectivity index (χ3n) is 3.01. The number of hydrogen-bond donors (Lipinski definition) is 1. The molecule has 0 aromatic heterocycles. The van der Waals surface area contributed by atoms with Gasteiger partial charge in [-0.05, 0) is 18.8 Å². The minimum Gasteiger partial charge on any atom is -0.477 e. The summed E-state index contributed by atoms with van der Waals surface area (Å²) in [7, 11) is 0. The molecule has 1 N–H and O–H groups in total. The summed E-state index contributed by atoms with van der Waals surface area (Å²) in [4.78, 5) is 22.2. The first-order chi connectivity index (χ1) is 7.16. The molecule has 0 unspecified atom stereocenters. The van der Waals surface area contributed by atoms with Gasteiger partial charge in [-0.2, -0.15) is 5.10 Å². The Morgan fingerprint density at radius 3 is 2.73 bits per heavy atom. The van der Waals surface area contributed by atoms with Crippen molar-refractivity contribution in [1.82, 2.24) is 5.01 Å². The van der Waals surface area contributed by atoms with Crippen LogP contribution < -0.4 is 0 Å². The maximum absolute atomic E-state index is 11.5. The molecule has 0 atom stereocenters. The summed E-state index contributed by atoms with van der Waals surface area (Å²) in [6, 6.07) is 0. The standard InChI is InChI=1S/C10H14N2O3/c13-9-5-4-8(10(14)15)11-12(9)6-7-2-1-3-7/h7H,1-6H2,(H,14,15). The van der Waals surface area contributed by atoms with Crippen molar-refractivity contribution in [2.45, 2.75) is 32.1 Å². The number of hydrogen-bond acceptors (Lipinski definition) is 3. The number of carbonyl (C=O) groups excluding carboxylic acids is 1. The minimum atomic E-state index is -1.01. The van der Waals surface area contributed by atoms with E-state index in [9.17, 15) is 9.59 Å². The van der Waals surface area contributed by atoms with Crippen LogP contribution in [0.3, 0.4) is 0 Å². The smallest absolute Gasteiger partial charge is 0.352 e. The summed E-state index contributed by atoms with van der Waals surface area (Å²) in [5.74, 6) is -0.543.